The number of cyclic esters (lactones) is 1. The highest BCUT2D eigenvalue weighted by atomic mass is 16.7. The second-order valence-corrected chi connectivity index (χ2v) is 10.7. The van der Waals surface area contributed by atoms with Gasteiger partial charge < -0.3 is 44.0 Å². The molecule has 1 saturated heterocycles. The van der Waals surface area contributed by atoms with Crippen LogP contribution in [0.15, 0.2) is 24.3 Å². The van der Waals surface area contributed by atoms with Crippen LogP contribution in [-0.2, 0) is 33.3 Å². The molecule has 0 saturated carbocycles. The van der Waals surface area contributed by atoms with Gasteiger partial charge in [0.15, 0.2) is 12.1 Å². The zero-order valence-corrected chi connectivity index (χ0v) is 23.7. The molecule has 0 aromatic heterocycles. The molecule has 0 aromatic carbocycles. The van der Waals surface area contributed by atoms with Crippen LogP contribution in [0.2, 0.25) is 0 Å². The molecule has 2 aliphatic rings. The van der Waals surface area contributed by atoms with Gasteiger partial charge in [-0.05, 0) is 46.4 Å². The van der Waals surface area contributed by atoms with E-state index < -0.39 is 79.3 Å². The maximum Gasteiger partial charge on any atom is 0.308 e. The minimum atomic E-state index is -1.39. The number of likely N-dealkylation sites (N-methyl/N-ethyl adjacent to an activating group) is 1. The predicted molar refractivity (Wildman–Crippen MR) is 142 cm³/mol. The Hall–Kier alpha value is -1.99. The van der Waals surface area contributed by atoms with Crippen molar-refractivity contribution in [3.05, 3.63) is 24.3 Å². The molecule has 1 fully saturated rings. The smallest absolute Gasteiger partial charge is 0.308 e. The number of aliphatic hydroxyl groups is 3. The molecule has 39 heavy (non-hydrogen) atoms. The van der Waals surface area contributed by atoms with Gasteiger partial charge in [0.1, 0.15) is 24.6 Å². The van der Waals surface area contributed by atoms with Crippen molar-refractivity contribution < 1.29 is 48.7 Å². The van der Waals surface area contributed by atoms with E-state index in [0.29, 0.717) is 12.7 Å². The molecule has 0 amide bonds. The van der Waals surface area contributed by atoms with E-state index in [9.17, 15) is 29.7 Å². The molecule has 0 aromatic rings. The second-order valence-electron chi connectivity index (χ2n) is 10.7. The second kappa shape index (κ2) is 15.7. The third kappa shape index (κ3) is 9.28. The number of ketones is 1. The molecule has 222 valence electrons. The molecule has 0 bridgehead atoms. The Labute approximate surface area is 230 Å². The number of nitrogens with zero attached hydrogens (tertiary/aromatic N) is 1. The minimum absolute atomic E-state index is 0.0436. The number of aliphatic hydroxyl groups excluding tert-OH is 3. The maximum absolute atomic E-state index is 12.8. The molecular weight excluding hydrogens is 510 g/mol. The molecule has 11 heteroatoms. The Morgan fingerprint density at radius 3 is 2.38 bits per heavy atom. The first-order valence-electron chi connectivity index (χ1n) is 13.5. The Morgan fingerprint density at radius 1 is 1.08 bits per heavy atom. The van der Waals surface area contributed by atoms with Gasteiger partial charge >= 0.3 is 5.97 Å². The molecule has 0 spiro atoms. The average molecular weight is 556 g/mol. The first-order valence-corrected chi connectivity index (χ1v) is 13.5. The van der Waals surface area contributed by atoms with Crippen LogP contribution in [0, 0.1) is 11.8 Å². The van der Waals surface area contributed by atoms with E-state index in [1.165, 1.54) is 13.2 Å². The fraction of sp³-hybridized carbons (Fsp3) is 0.750. The average Bonchev–Trinajstić information content (AvgIpc) is 2.85. The van der Waals surface area contributed by atoms with Crippen molar-refractivity contribution in [3.63, 3.8) is 0 Å². The number of rotatable bonds is 6. The zero-order valence-electron chi connectivity index (χ0n) is 23.7. The first-order chi connectivity index (χ1) is 18.4. The summed E-state index contributed by atoms with van der Waals surface area (Å²) >= 11 is 0. The normalized spacial score (nSPS) is 41.1. The van der Waals surface area contributed by atoms with Crippen LogP contribution >= 0.6 is 0 Å². The van der Waals surface area contributed by atoms with E-state index in [0.717, 1.165) is 0 Å². The number of methoxy groups -OCH3 is 1. The van der Waals surface area contributed by atoms with Crippen LogP contribution in [0.3, 0.4) is 0 Å². The summed E-state index contributed by atoms with van der Waals surface area (Å²) in [7, 11) is 4.75. The molecule has 2 rings (SSSR count). The highest BCUT2D eigenvalue weighted by molar-refractivity contribution is 5.91. The van der Waals surface area contributed by atoms with Crippen LogP contribution < -0.4 is 0 Å². The number of carbonyl (C=O) groups is 3. The lowest BCUT2D eigenvalue weighted by Gasteiger charge is -2.46. The van der Waals surface area contributed by atoms with Gasteiger partial charge in [-0.25, -0.2) is 0 Å². The Bertz CT molecular complexity index is 861. The van der Waals surface area contributed by atoms with E-state index >= 15 is 0 Å². The molecule has 0 radical (unpaired) electrons. The lowest BCUT2D eigenvalue weighted by atomic mass is 9.83. The van der Waals surface area contributed by atoms with Crippen LogP contribution in [0.5, 0.6) is 0 Å². The fourth-order valence-electron chi connectivity index (χ4n) is 5.19. The van der Waals surface area contributed by atoms with Crippen molar-refractivity contribution in [2.45, 2.75) is 102 Å². The summed E-state index contributed by atoms with van der Waals surface area (Å²) in [4.78, 5) is 38.8. The summed E-state index contributed by atoms with van der Waals surface area (Å²) in [6.45, 7) is 5.10. The number of allylic oxidation sites excluding steroid dienone is 3. The predicted octanol–water partition coefficient (Wildman–Crippen LogP) is 0.783. The number of hydrogen-bond acceptors (Lipinski definition) is 11. The molecule has 2 aliphatic heterocycles. The third-order valence-electron chi connectivity index (χ3n) is 7.36. The molecule has 1 unspecified atom stereocenters. The molecule has 11 nitrogen and oxygen atoms in total. The van der Waals surface area contributed by atoms with Crippen molar-refractivity contribution in [2.24, 2.45) is 11.8 Å². The standard InChI is InChI=1S/C28H45NO10/c1-16-14-19(12-13-30)26(39-28-25(35)23(29(4)5)24(34)18(3)38-28)27(36-6)21(32)15-22(33)37-17(2)10-8-7-9-11-20(16)31/h7-9,11,13,16-19,21,23-28,32,34-35H,10,12,14-15H2,1-6H3/b8-7+,11-9+/t16-,17-,18-,19+,21-,23+,24-,25-,26+,27?,28+/m1/s1. The Morgan fingerprint density at radius 2 is 1.77 bits per heavy atom. The first kappa shape index (κ1) is 33.2. The number of ether oxygens (including phenoxy) is 4. The van der Waals surface area contributed by atoms with Crippen LogP contribution in [0.25, 0.3) is 0 Å². The summed E-state index contributed by atoms with van der Waals surface area (Å²) in [5.74, 6) is -1.96. The SMILES string of the molecule is COC1[C@H](O)CC(=O)O[C@H](C)C/C=C/C=C/C(=O)[C@H](C)C[C@H](CC=O)[C@@H]1O[C@@H]1O[C@H](C)[C@@H](O)[C@H](N(C)C)[C@H]1O. The van der Waals surface area contributed by atoms with Gasteiger partial charge in [-0.15, -0.1) is 0 Å². The summed E-state index contributed by atoms with van der Waals surface area (Å²) < 4.78 is 23.1. The van der Waals surface area contributed by atoms with E-state index in [2.05, 4.69) is 0 Å². The monoisotopic (exact) mass is 555 g/mol. The van der Waals surface area contributed by atoms with Crippen molar-refractivity contribution >= 4 is 18.0 Å². The lowest BCUT2D eigenvalue weighted by molar-refractivity contribution is -0.309. The Kier molecular flexibility index (Phi) is 13.4. The molecule has 11 atom stereocenters. The van der Waals surface area contributed by atoms with Gasteiger partial charge in [-0.1, -0.05) is 25.2 Å². The molecule has 2 heterocycles. The summed E-state index contributed by atoms with van der Waals surface area (Å²) in [6, 6.07) is -0.726. The maximum atomic E-state index is 12.8. The van der Waals surface area contributed by atoms with Gasteiger partial charge in [-0.2, -0.15) is 0 Å². The van der Waals surface area contributed by atoms with Crippen molar-refractivity contribution in [3.8, 4) is 0 Å². The summed E-state index contributed by atoms with van der Waals surface area (Å²) in [5, 5.41) is 32.8. The van der Waals surface area contributed by atoms with Crippen molar-refractivity contribution in [1.82, 2.24) is 4.90 Å². The topological polar surface area (TPSA) is 152 Å². The highest BCUT2D eigenvalue weighted by Gasteiger charge is 2.48. The van der Waals surface area contributed by atoms with E-state index in [1.807, 2.05) is 0 Å². The number of esters is 1. The van der Waals surface area contributed by atoms with E-state index in [-0.39, 0.29) is 18.6 Å². The number of hydrogen-bond donors (Lipinski definition) is 3. The van der Waals surface area contributed by atoms with E-state index in [1.54, 1.807) is 58.0 Å². The highest BCUT2D eigenvalue weighted by Crippen LogP contribution is 2.32. The van der Waals surface area contributed by atoms with E-state index in [4.69, 9.17) is 18.9 Å². The minimum Gasteiger partial charge on any atom is -0.462 e. The van der Waals surface area contributed by atoms with Crippen LogP contribution in [0.4, 0.5) is 0 Å². The summed E-state index contributed by atoms with van der Waals surface area (Å²) in [6.07, 6.45) is -0.929. The zero-order chi connectivity index (χ0) is 29.3. The van der Waals surface area contributed by atoms with Gasteiger partial charge in [0.2, 0.25) is 0 Å². The third-order valence-corrected chi connectivity index (χ3v) is 7.36. The van der Waals surface area contributed by atoms with Crippen molar-refractivity contribution in [2.75, 3.05) is 21.2 Å². The number of carbonyl (C=O) groups excluding carboxylic acids is 3. The van der Waals surface area contributed by atoms with Gasteiger partial charge in [0, 0.05) is 25.9 Å². The van der Waals surface area contributed by atoms with Crippen LogP contribution in [-0.4, -0.2) is 115 Å². The lowest BCUT2D eigenvalue weighted by Crippen LogP contribution is -2.63. The van der Waals surface area contributed by atoms with Crippen LogP contribution in [0.1, 0.15) is 46.5 Å². The number of aldehydes is 1. The van der Waals surface area contributed by atoms with Gasteiger partial charge in [0.05, 0.1) is 36.9 Å². The molecule has 0 aliphatic carbocycles. The summed E-state index contributed by atoms with van der Waals surface area (Å²) in [5.41, 5.74) is 0. The largest absolute Gasteiger partial charge is 0.462 e. The Balaban J connectivity index is 2.49. The van der Waals surface area contributed by atoms with Crippen molar-refractivity contribution in [1.29, 1.82) is 0 Å². The fourth-order valence-corrected chi connectivity index (χ4v) is 5.19. The quantitative estimate of drug-likeness (QED) is 0.315. The molecular formula is C28H45NO10. The van der Waals surface area contributed by atoms with Gasteiger partial charge in [0.25, 0.3) is 0 Å². The van der Waals surface area contributed by atoms with Gasteiger partial charge in [-0.3, -0.25) is 9.59 Å². The molecule has 3 N–H and O–H groups in total.